The van der Waals surface area contributed by atoms with Crippen LogP contribution in [0.4, 0.5) is 0 Å². The Morgan fingerprint density at radius 3 is 3.17 bits per heavy atom. The molecule has 3 aliphatic rings. The second-order valence-electron chi connectivity index (χ2n) is 3.67. The lowest BCUT2D eigenvalue weighted by atomic mass is 10.1. The lowest BCUT2D eigenvalue weighted by Crippen LogP contribution is -2.42. The minimum atomic E-state index is -0.428. The normalized spacial score (nSPS) is 19.5. The van der Waals surface area contributed by atoms with Crippen LogP contribution in [0.25, 0.3) is 0 Å². The molecule has 0 aromatic carbocycles. The summed E-state index contributed by atoms with van der Waals surface area (Å²) in [6, 6.07) is 0. The number of carbonyl (C=O) groups excluding carboxylic acids is 1. The summed E-state index contributed by atoms with van der Waals surface area (Å²) in [7, 11) is 0. The van der Waals surface area contributed by atoms with Crippen LogP contribution in [0.1, 0.15) is 6.92 Å². The molecule has 0 spiro atoms. The molecule has 0 fully saturated rings. The molecule has 0 aromatic heterocycles. The number of ether oxygens (including phenoxy) is 1. The number of carbonyl (C=O) groups is 1. The van der Waals surface area contributed by atoms with Gasteiger partial charge in [-0.1, -0.05) is 6.08 Å². The van der Waals surface area contributed by atoms with E-state index < -0.39 is 5.97 Å². The van der Waals surface area contributed by atoms with Gasteiger partial charge in [-0.2, -0.15) is 0 Å². The van der Waals surface area contributed by atoms with Gasteiger partial charge >= 0.3 is 5.97 Å². The van der Waals surface area contributed by atoms with E-state index in [1.54, 1.807) is 11.8 Å². The van der Waals surface area contributed by atoms with Gasteiger partial charge in [-0.05, 0) is 19.1 Å². The zero-order valence-corrected chi connectivity index (χ0v) is 9.70. The maximum absolute atomic E-state index is 11.8. The number of allylic oxidation sites excluding steroid dienone is 2. The third-order valence-electron chi connectivity index (χ3n) is 2.59. The molecule has 0 radical (unpaired) electrons. The molecule has 0 N–H and O–H groups in total. The van der Waals surface area contributed by atoms with Crippen LogP contribution in [-0.4, -0.2) is 35.5 Å². The fourth-order valence-corrected chi connectivity index (χ4v) is 1.84. The van der Waals surface area contributed by atoms with Gasteiger partial charge in [0.1, 0.15) is 23.6 Å². The predicted octanol–water partition coefficient (Wildman–Crippen LogP) is 0.999. The maximum atomic E-state index is 11.8. The highest BCUT2D eigenvalue weighted by Gasteiger charge is 2.32. The van der Waals surface area contributed by atoms with Crippen molar-refractivity contribution in [1.29, 1.82) is 0 Å². The molecule has 0 bridgehead atoms. The summed E-state index contributed by atoms with van der Waals surface area (Å²) in [5.74, 6) is 1.46. The predicted molar refractivity (Wildman–Crippen MR) is 67.1 cm³/mol. The Kier molecular flexibility index (Phi) is 2.40. The molecule has 0 amide bonds. The lowest BCUT2D eigenvalue weighted by molar-refractivity contribution is -0.137. The largest absolute Gasteiger partial charge is 0.462 e. The minimum absolute atomic E-state index is 0.316. The molecule has 3 aliphatic heterocycles. The molecule has 0 aromatic rings. The van der Waals surface area contributed by atoms with Gasteiger partial charge in [-0.25, -0.2) is 19.8 Å². The number of aliphatic imine (C=N–C) groups is 3. The van der Waals surface area contributed by atoms with Crippen LogP contribution in [-0.2, 0) is 9.53 Å². The zero-order valence-electron chi connectivity index (χ0n) is 9.70. The summed E-state index contributed by atoms with van der Waals surface area (Å²) in [5.41, 5.74) is 0.341. The van der Waals surface area contributed by atoms with E-state index in [4.69, 9.17) is 4.74 Å². The first-order valence-corrected chi connectivity index (χ1v) is 5.55. The van der Waals surface area contributed by atoms with E-state index in [0.717, 1.165) is 0 Å². The summed E-state index contributed by atoms with van der Waals surface area (Å²) in [6.07, 6.45) is 8.42. The van der Waals surface area contributed by atoms with Crippen molar-refractivity contribution in [3.63, 3.8) is 0 Å². The Morgan fingerprint density at radius 1 is 1.44 bits per heavy atom. The van der Waals surface area contributed by atoms with Crippen molar-refractivity contribution < 1.29 is 9.53 Å². The fourth-order valence-electron chi connectivity index (χ4n) is 1.84. The molecule has 0 aliphatic carbocycles. The van der Waals surface area contributed by atoms with E-state index in [2.05, 4.69) is 15.0 Å². The van der Waals surface area contributed by atoms with Gasteiger partial charge in [0.2, 0.25) is 0 Å². The summed E-state index contributed by atoms with van der Waals surface area (Å²) in [4.78, 5) is 26.0. The number of hydrogen-bond acceptors (Lipinski definition) is 6. The highest BCUT2D eigenvalue weighted by Crippen LogP contribution is 2.24. The van der Waals surface area contributed by atoms with Crippen LogP contribution in [0, 0.1) is 0 Å². The molecule has 0 saturated carbocycles. The average Bonchev–Trinajstić information content (AvgIpc) is 2.40. The summed E-state index contributed by atoms with van der Waals surface area (Å²) >= 11 is 0. The van der Waals surface area contributed by atoms with Crippen LogP contribution >= 0.6 is 0 Å². The number of nitrogens with zero attached hydrogens (tertiary/aromatic N) is 4. The van der Waals surface area contributed by atoms with Crippen LogP contribution in [0.2, 0.25) is 0 Å². The molecule has 3 rings (SSSR count). The minimum Gasteiger partial charge on any atom is -0.462 e. The van der Waals surface area contributed by atoms with Crippen LogP contribution in [0.15, 0.2) is 50.8 Å². The Hall–Kier alpha value is -2.50. The van der Waals surface area contributed by atoms with Crippen molar-refractivity contribution in [3.05, 3.63) is 35.8 Å². The van der Waals surface area contributed by atoms with Gasteiger partial charge < -0.3 is 4.74 Å². The number of amidine groups is 2. The van der Waals surface area contributed by atoms with Gasteiger partial charge in [0, 0.05) is 6.20 Å². The molecular weight excluding hydrogens is 232 g/mol. The SMILES string of the molecule is CCOC(=O)C1=CN=C2C=CC=C3N=CN=C1N32. The first-order valence-electron chi connectivity index (χ1n) is 5.55. The fraction of sp³-hybridized carbons (Fsp3) is 0.167. The Bertz CT molecular complexity index is 593. The second kappa shape index (κ2) is 4.06. The monoisotopic (exact) mass is 242 g/mol. The van der Waals surface area contributed by atoms with Crippen molar-refractivity contribution >= 4 is 24.0 Å². The Morgan fingerprint density at radius 2 is 2.33 bits per heavy atom. The van der Waals surface area contributed by atoms with Gasteiger partial charge in [-0.3, -0.25) is 4.90 Å². The summed E-state index contributed by atoms with van der Waals surface area (Å²) in [5, 5.41) is 0. The quantitative estimate of drug-likeness (QED) is 0.678. The second-order valence-corrected chi connectivity index (χ2v) is 3.67. The smallest absolute Gasteiger partial charge is 0.343 e. The van der Waals surface area contributed by atoms with Crippen molar-refractivity contribution in [2.24, 2.45) is 15.0 Å². The van der Waals surface area contributed by atoms with Crippen LogP contribution in [0.3, 0.4) is 0 Å². The first-order chi connectivity index (χ1) is 8.81. The molecule has 90 valence electrons. The molecule has 6 nitrogen and oxygen atoms in total. The van der Waals surface area contributed by atoms with E-state index in [9.17, 15) is 4.79 Å². The van der Waals surface area contributed by atoms with Crippen molar-refractivity contribution in [2.75, 3.05) is 6.61 Å². The standard InChI is InChI=1S/C12H10N4O2/c1-2-18-12(17)8-6-13-9-4-3-5-10-14-7-15-11(8)16(9)10/h3-7H,2H2,1H3. The first kappa shape index (κ1) is 10.6. The molecular formula is C12H10N4O2. The highest BCUT2D eigenvalue weighted by molar-refractivity contribution is 6.28. The van der Waals surface area contributed by atoms with Gasteiger partial charge in [-0.15, -0.1) is 0 Å². The topological polar surface area (TPSA) is 66.6 Å². The molecule has 0 atom stereocenters. The lowest BCUT2D eigenvalue weighted by Gasteiger charge is -2.31. The molecule has 18 heavy (non-hydrogen) atoms. The molecule has 6 heteroatoms. The van der Waals surface area contributed by atoms with Gasteiger partial charge in [0.15, 0.2) is 5.84 Å². The third-order valence-corrected chi connectivity index (χ3v) is 2.59. The van der Waals surface area contributed by atoms with Crippen molar-refractivity contribution in [2.45, 2.75) is 6.92 Å². The van der Waals surface area contributed by atoms with E-state index >= 15 is 0 Å². The van der Waals surface area contributed by atoms with Crippen LogP contribution < -0.4 is 0 Å². The highest BCUT2D eigenvalue weighted by atomic mass is 16.5. The molecule has 0 saturated heterocycles. The van der Waals surface area contributed by atoms with Gasteiger partial charge in [0.25, 0.3) is 0 Å². The Labute approximate surface area is 103 Å². The summed E-state index contributed by atoms with van der Waals surface area (Å²) in [6.45, 7) is 2.08. The van der Waals surface area contributed by atoms with Crippen molar-refractivity contribution in [1.82, 2.24) is 4.90 Å². The summed E-state index contributed by atoms with van der Waals surface area (Å²) < 4.78 is 4.99. The third kappa shape index (κ3) is 1.50. The van der Waals surface area contributed by atoms with E-state index in [-0.39, 0.29) is 0 Å². The zero-order chi connectivity index (χ0) is 12.5. The average molecular weight is 242 g/mol. The number of rotatable bonds is 2. The Balaban J connectivity index is 2.06. The van der Waals surface area contributed by atoms with Crippen molar-refractivity contribution in [3.8, 4) is 0 Å². The number of hydrogen-bond donors (Lipinski definition) is 0. The van der Waals surface area contributed by atoms with Crippen LogP contribution in [0.5, 0.6) is 0 Å². The van der Waals surface area contributed by atoms with E-state index in [0.29, 0.717) is 29.7 Å². The molecule has 3 heterocycles. The number of esters is 1. The van der Waals surface area contributed by atoms with E-state index in [1.807, 2.05) is 18.2 Å². The van der Waals surface area contributed by atoms with Gasteiger partial charge in [0.05, 0.1) is 6.61 Å². The molecule has 0 unspecified atom stereocenters. The van der Waals surface area contributed by atoms with E-state index in [1.165, 1.54) is 12.5 Å². The maximum Gasteiger partial charge on any atom is 0.343 e.